The summed E-state index contributed by atoms with van der Waals surface area (Å²) >= 11 is 1.70. The van der Waals surface area contributed by atoms with Crippen molar-refractivity contribution < 1.29 is 4.79 Å². The molecule has 0 saturated carbocycles. The van der Waals surface area contributed by atoms with Gasteiger partial charge in [0.2, 0.25) is 0 Å². The van der Waals surface area contributed by atoms with E-state index in [1.807, 2.05) is 39.3 Å². The summed E-state index contributed by atoms with van der Waals surface area (Å²) in [5, 5.41) is 12.1. The van der Waals surface area contributed by atoms with Crippen LogP contribution in [0.3, 0.4) is 0 Å². The zero-order valence-electron chi connectivity index (χ0n) is 13.2. The molecule has 0 saturated heterocycles. The van der Waals surface area contributed by atoms with E-state index in [1.165, 1.54) is 4.88 Å². The van der Waals surface area contributed by atoms with Gasteiger partial charge >= 0.3 is 6.03 Å². The van der Waals surface area contributed by atoms with Gasteiger partial charge in [-0.05, 0) is 38.5 Å². The van der Waals surface area contributed by atoms with E-state index in [0.717, 1.165) is 0 Å². The number of amides is 2. The first-order valence-electron chi connectivity index (χ1n) is 7.28. The Kier molecular flexibility index (Phi) is 5.97. The van der Waals surface area contributed by atoms with Crippen LogP contribution in [0, 0.1) is 0 Å². The van der Waals surface area contributed by atoms with Gasteiger partial charge in [-0.3, -0.25) is 4.68 Å². The first-order valence-corrected chi connectivity index (χ1v) is 8.16. The van der Waals surface area contributed by atoms with Crippen molar-refractivity contribution in [3.8, 4) is 0 Å². The van der Waals surface area contributed by atoms with Crippen LogP contribution in [0.1, 0.15) is 17.8 Å². The third kappa shape index (κ3) is 4.85. The van der Waals surface area contributed by atoms with E-state index in [-0.39, 0.29) is 18.1 Å². The van der Waals surface area contributed by atoms with Gasteiger partial charge in [0.1, 0.15) is 0 Å². The van der Waals surface area contributed by atoms with E-state index in [1.54, 1.807) is 22.2 Å². The van der Waals surface area contributed by atoms with Crippen LogP contribution < -0.4 is 10.6 Å². The highest BCUT2D eigenvalue weighted by Crippen LogP contribution is 2.22. The number of nitrogens with one attached hydrogen (secondary N) is 2. The lowest BCUT2D eigenvalue weighted by atomic mass is 10.2. The van der Waals surface area contributed by atoms with Gasteiger partial charge in [-0.2, -0.15) is 5.10 Å². The molecule has 0 radical (unpaired) electrons. The maximum Gasteiger partial charge on any atom is 0.315 e. The van der Waals surface area contributed by atoms with E-state index in [2.05, 4.69) is 32.1 Å². The van der Waals surface area contributed by atoms with Crippen LogP contribution in [0.2, 0.25) is 0 Å². The van der Waals surface area contributed by atoms with Crippen LogP contribution in [0.25, 0.3) is 0 Å². The number of aromatic nitrogens is 2. The molecule has 2 rings (SSSR count). The number of hydrogen-bond acceptors (Lipinski definition) is 4. The Balaban J connectivity index is 1.78. The smallest absolute Gasteiger partial charge is 0.315 e. The van der Waals surface area contributed by atoms with Crippen molar-refractivity contribution in [2.75, 3.05) is 20.6 Å². The van der Waals surface area contributed by atoms with Gasteiger partial charge in [0.15, 0.2) is 0 Å². The fourth-order valence-corrected chi connectivity index (χ4v) is 3.14. The summed E-state index contributed by atoms with van der Waals surface area (Å²) < 4.78 is 1.80. The summed E-state index contributed by atoms with van der Waals surface area (Å²) in [4.78, 5) is 15.4. The minimum atomic E-state index is -0.150. The van der Waals surface area contributed by atoms with Gasteiger partial charge in [0.25, 0.3) is 0 Å². The highest BCUT2D eigenvalue weighted by molar-refractivity contribution is 7.10. The maximum atomic E-state index is 12.0. The van der Waals surface area contributed by atoms with Crippen molar-refractivity contribution in [2.45, 2.75) is 25.6 Å². The number of likely N-dealkylation sites (N-methyl/N-ethyl adjacent to an activating group) is 1. The fourth-order valence-electron chi connectivity index (χ4n) is 2.22. The van der Waals surface area contributed by atoms with Gasteiger partial charge in [0, 0.05) is 29.9 Å². The number of nitrogens with zero attached hydrogens (tertiary/aromatic N) is 3. The number of carbonyl (C=O) groups is 1. The molecule has 0 aliphatic carbocycles. The molecule has 0 aliphatic rings. The third-order valence-corrected chi connectivity index (χ3v) is 4.32. The average molecular weight is 321 g/mol. The normalized spacial score (nSPS) is 13.8. The molecule has 2 amide bonds. The van der Waals surface area contributed by atoms with E-state index in [4.69, 9.17) is 0 Å². The van der Waals surface area contributed by atoms with Crippen molar-refractivity contribution >= 4 is 17.4 Å². The molecule has 2 aromatic rings. The third-order valence-electron chi connectivity index (χ3n) is 3.35. The Labute approximate surface area is 135 Å². The minimum absolute atomic E-state index is 0.0134. The number of rotatable bonds is 7. The molecule has 0 bridgehead atoms. The highest BCUT2D eigenvalue weighted by atomic mass is 32.1. The van der Waals surface area contributed by atoms with Gasteiger partial charge in [-0.25, -0.2) is 4.79 Å². The number of thiophene rings is 1. The van der Waals surface area contributed by atoms with Gasteiger partial charge in [-0.15, -0.1) is 11.3 Å². The molecular weight excluding hydrogens is 298 g/mol. The second-order valence-corrected chi connectivity index (χ2v) is 6.46. The Morgan fingerprint density at radius 2 is 2.27 bits per heavy atom. The second kappa shape index (κ2) is 7.95. The molecule has 7 heteroatoms. The van der Waals surface area contributed by atoms with Gasteiger partial charge in [0.05, 0.1) is 12.6 Å². The minimum Gasteiger partial charge on any atom is -0.336 e. The molecule has 0 fully saturated rings. The lowest BCUT2D eigenvalue weighted by molar-refractivity contribution is 0.229. The van der Waals surface area contributed by atoms with Crippen molar-refractivity contribution in [3.63, 3.8) is 0 Å². The van der Waals surface area contributed by atoms with Crippen molar-refractivity contribution in [1.82, 2.24) is 25.3 Å². The molecule has 2 N–H and O–H groups in total. The predicted molar refractivity (Wildman–Crippen MR) is 89.0 cm³/mol. The zero-order valence-corrected chi connectivity index (χ0v) is 14.0. The second-order valence-electron chi connectivity index (χ2n) is 5.48. The molecule has 0 aromatic carbocycles. The predicted octanol–water partition coefficient (Wildman–Crippen LogP) is 1.94. The molecule has 6 nitrogen and oxygen atoms in total. The lowest BCUT2D eigenvalue weighted by Crippen LogP contribution is -2.45. The quantitative estimate of drug-likeness (QED) is 0.819. The maximum absolute atomic E-state index is 12.0. The Bertz CT molecular complexity index is 553. The SMILES string of the molecule is C[C@@H](Cn1cccn1)NC(=O)NC[C@H](c1cccs1)N(C)C. The molecule has 0 spiro atoms. The van der Waals surface area contributed by atoms with Gasteiger partial charge in [-0.1, -0.05) is 6.07 Å². The average Bonchev–Trinajstić information content (AvgIpc) is 3.11. The Hall–Kier alpha value is -1.86. The molecule has 2 heterocycles. The monoisotopic (exact) mass is 321 g/mol. The Morgan fingerprint density at radius 3 is 2.86 bits per heavy atom. The van der Waals surface area contributed by atoms with E-state index in [9.17, 15) is 4.79 Å². The van der Waals surface area contributed by atoms with E-state index < -0.39 is 0 Å². The first-order chi connectivity index (χ1) is 10.6. The Morgan fingerprint density at radius 1 is 1.45 bits per heavy atom. The van der Waals surface area contributed by atoms with Crippen LogP contribution in [0.4, 0.5) is 4.79 Å². The summed E-state index contributed by atoms with van der Waals surface area (Å²) in [6.07, 6.45) is 3.62. The van der Waals surface area contributed by atoms with Gasteiger partial charge < -0.3 is 15.5 Å². The van der Waals surface area contributed by atoms with Crippen LogP contribution in [0.5, 0.6) is 0 Å². The molecule has 2 aromatic heterocycles. The molecular formula is C15H23N5OS. The van der Waals surface area contributed by atoms with Crippen molar-refractivity contribution in [2.24, 2.45) is 0 Å². The number of urea groups is 1. The standard InChI is InChI=1S/C15H23N5OS/c1-12(11-20-8-5-7-17-20)18-15(21)16-10-13(19(2)3)14-6-4-9-22-14/h4-9,12-13H,10-11H2,1-3H3,(H2,16,18,21)/t12-,13+/m0/s1. The van der Waals surface area contributed by atoms with E-state index >= 15 is 0 Å². The molecule has 120 valence electrons. The summed E-state index contributed by atoms with van der Waals surface area (Å²) in [5.74, 6) is 0. The fraction of sp³-hybridized carbons (Fsp3) is 0.467. The molecule has 0 unspecified atom stereocenters. The molecule has 0 aliphatic heterocycles. The summed E-state index contributed by atoms with van der Waals surface area (Å²) in [5.41, 5.74) is 0. The summed E-state index contributed by atoms with van der Waals surface area (Å²) in [7, 11) is 4.04. The van der Waals surface area contributed by atoms with Crippen molar-refractivity contribution in [3.05, 3.63) is 40.8 Å². The summed E-state index contributed by atoms with van der Waals surface area (Å²) in [6, 6.07) is 6.04. The molecule has 22 heavy (non-hydrogen) atoms. The zero-order chi connectivity index (χ0) is 15.9. The van der Waals surface area contributed by atoms with Crippen LogP contribution >= 0.6 is 11.3 Å². The van der Waals surface area contributed by atoms with E-state index in [0.29, 0.717) is 13.1 Å². The number of hydrogen-bond donors (Lipinski definition) is 2. The summed E-state index contributed by atoms with van der Waals surface area (Å²) in [6.45, 7) is 3.19. The lowest BCUT2D eigenvalue weighted by Gasteiger charge is -2.24. The first kappa shape index (κ1) is 16.5. The van der Waals surface area contributed by atoms with Crippen LogP contribution in [0.15, 0.2) is 36.0 Å². The highest BCUT2D eigenvalue weighted by Gasteiger charge is 2.16. The van der Waals surface area contributed by atoms with Crippen molar-refractivity contribution in [1.29, 1.82) is 0 Å². The topological polar surface area (TPSA) is 62.2 Å². The largest absolute Gasteiger partial charge is 0.336 e. The van der Waals surface area contributed by atoms with Crippen LogP contribution in [-0.2, 0) is 6.54 Å². The van der Waals surface area contributed by atoms with Crippen LogP contribution in [-0.4, -0.2) is 47.4 Å². The molecule has 2 atom stereocenters. The number of carbonyl (C=O) groups excluding carboxylic acids is 1.